The van der Waals surface area contributed by atoms with E-state index >= 15 is 0 Å². The van der Waals surface area contributed by atoms with Crippen molar-refractivity contribution in [2.24, 2.45) is 0 Å². The SMILES string of the molecule is CCn1cc(CN2CCC(c3cc(Nc4nc(C)c(C)s4)cc(C)n3)C2)c(C)n1. The Morgan fingerprint density at radius 1 is 1.14 bits per heavy atom. The van der Waals surface area contributed by atoms with Gasteiger partial charge in [0.2, 0.25) is 0 Å². The van der Waals surface area contributed by atoms with Crippen molar-refractivity contribution in [2.75, 3.05) is 18.4 Å². The molecule has 1 unspecified atom stereocenters. The molecule has 0 spiro atoms. The maximum absolute atomic E-state index is 4.86. The average molecular weight is 411 g/mol. The fourth-order valence-electron chi connectivity index (χ4n) is 3.96. The molecule has 7 heteroatoms. The van der Waals surface area contributed by atoms with Crippen LogP contribution in [0.5, 0.6) is 0 Å². The zero-order chi connectivity index (χ0) is 20.5. The van der Waals surface area contributed by atoms with Crippen LogP contribution in [-0.4, -0.2) is 37.7 Å². The number of nitrogens with zero attached hydrogens (tertiary/aromatic N) is 5. The van der Waals surface area contributed by atoms with Crippen molar-refractivity contribution in [3.8, 4) is 0 Å². The third kappa shape index (κ3) is 4.51. The zero-order valence-corrected chi connectivity index (χ0v) is 18.8. The number of thiazole rings is 1. The second-order valence-corrected chi connectivity index (χ2v) is 9.23. The van der Waals surface area contributed by atoms with E-state index in [1.165, 1.54) is 16.1 Å². The predicted octanol–water partition coefficient (Wildman–Crippen LogP) is 4.72. The minimum Gasteiger partial charge on any atom is -0.331 e. The molecule has 0 bridgehead atoms. The first-order valence-electron chi connectivity index (χ1n) is 10.4. The fraction of sp³-hybridized carbons (Fsp3) is 0.500. The summed E-state index contributed by atoms with van der Waals surface area (Å²) < 4.78 is 2.03. The molecular formula is C22H30N6S. The van der Waals surface area contributed by atoms with E-state index in [0.29, 0.717) is 5.92 Å². The molecule has 0 saturated carbocycles. The van der Waals surface area contributed by atoms with Crippen LogP contribution >= 0.6 is 11.3 Å². The van der Waals surface area contributed by atoms with Gasteiger partial charge in [-0.3, -0.25) is 14.6 Å². The first kappa shape index (κ1) is 20.0. The molecular weight excluding hydrogens is 380 g/mol. The van der Waals surface area contributed by atoms with Gasteiger partial charge in [0.1, 0.15) is 0 Å². The van der Waals surface area contributed by atoms with Gasteiger partial charge in [-0.05, 0) is 59.7 Å². The van der Waals surface area contributed by atoms with Gasteiger partial charge in [-0.1, -0.05) is 0 Å². The Morgan fingerprint density at radius 2 is 1.97 bits per heavy atom. The van der Waals surface area contributed by atoms with Gasteiger partial charge < -0.3 is 5.32 Å². The molecule has 3 aromatic rings. The Balaban J connectivity index is 1.45. The Bertz CT molecular complexity index is 985. The number of anilines is 2. The second-order valence-electron chi connectivity index (χ2n) is 8.02. The van der Waals surface area contributed by atoms with Crippen LogP contribution < -0.4 is 5.32 Å². The number of rotatable bonds is 6. The largest absolute Gasteiger partial charge is 0.331 e. The molecule has 4 rings (SSSR count). The molecule has 1 N–H and O–H groups in total. The fourth-order valence-corrected chi connectivity index (χ4v) is 4.79. The van der Waals surface area contributed by atoms with Gasteiger partial charge in [-0.15, -0.1) is 11.3 Å². The van der Waals surface area contributed by atoms with Gasteiger partial charge in [0, 0.05) is 59.3 Å². The van der Waals surface area contributed by atoms with Crippen molar-refractivity contribution >= 4 is 22.2 Å². The summed E-state index contributed by atoms with van der Waals surface area (Å²) in [7, 11) is 0. The lowest BCUT2D eigenvalue weighted by atomic mass is 10.0. The highest BCUT2D eigenvalue weighted by atomic mass is 32.1. The highest BCUT2D eigenvalue weighted by Crippen LogP contribution is 2.31. The number of aryl methyl sites for hydroxylation is 5. The van der Waals surface area contributed by atoms with Crippen LogP contribution in [0.3, 0.4) is 0 Å². The zero-order valence-electron chi connectivity index (χ0n) is 18.0. The number of aromatic nitrogens is 4. The predicted molar refractivity (Wildman–Crippen MR) is 119 cm³/mol. The second kappa shape index (κ2) is 8.24. The lowest BCUT2D eigenvalue weighted by Gasteiger charge is -2.16. The van der Waals surface area contributed by atoms with Gasteiger partial charge >= 0.3 is 0 Å². The molecule has 0 aromatic carbocycles. The maximum atomic E-state index is 4.86. The number of hydrogen-bond donors (Lipinski definition) is 1. The molecule has 154 valence electrons. The Hall–Kier alpha value is -2.25. The summed E-state index contributed by atoms with van der Waals surface area (Å²) in [6, 6.07) is 4.30. The van der Waals surface area contributed by atoms with Crippen LogP contribution in [0.4, 0.5) is 10.8 Å². The smallest absolute Gasteiger partial charge is 0.187 e. The number of hydrogen-bond acceptors (Lipinski definition) is 6. The molecule has 1 aliphatic heterocycles. The van der Waals surface area contributed by atoms with Crippen molar-refractivity contribution in [2.45, 2.75) is 60.0 Å². The molecule has 0 aliphatic carbocycles. The van der Waals surface area contributed by atoms with Gasteiger partial charge in [0.05, 0.1) is 11.4 Å². The summed E-state index contributed by atoms with van der Waals surface area (Å²) in [5.41, 5.74) is 6.89. The Kier molecular flexibility index (Phi) is 5.69. The van der Waals surface area contributed by atoms with Crippen LogP contribution in [0.15, 0.2) is 18.3 Å². The van der Waals surface area contributed by atoms with Gasteiger partial charge in [-0.2, -0.15) is 5.10 Å². The Labute approximate surface area is 177 Å². The third-order valence-electron chi connectivity index (χ3n) is 5.71. The van der Waals surface area contributed by atoms with E-state index in [-0.39, 0.29) is 0 Å². The molecule has 29 heavy (non-hydrogen) atoms. The van der Waals surface area contributed by atoms with Crippen molar-refractivity contribution in [1.29, 1.82) is 0 Å². The van der Waals surface area contributed by atoms with Crippen LogP contribution in [0.25, 0.3) is 0 Å². The van der Waals surface area contributed by atoms with E-state index in [2.05, 4.69) is 73.2 Å². The summed E-state index contributed by atoms with van der Waals surface area (Å²) in [5, 5.41) is 9.02. The van der Waals surface area contributed by atoms with Crippen molar-refractivity contribution in [3.63, 3.8) is 0 Å². The first-order valence-corrected chi connectivity index (χ1v) is 11.2. The van der Waals surface area contributed by atoms with Crippen molar-refractivity contribution in [3.05, 3.63) is 51.5 Å². The monoisotopic (exact) mass is 410 g/mol. The summed E-state index contributed by atoms with van der Waals surface area (Å²) in [4.78, 5) is 13.2. The highest BCUT2D eigenvalue weighted by molar-refractivity contribution is 7.15. The lowest BCUT2D eigenvalue weighted by Crippen LogP contribution is -2.20. The molecule has 0 radical (unpaired) electrons. The van der Waals surface area contributed by atoms with Crippen LogP contribution in [0.1, 0.15) is 52.5 Å². The number of nitrogens with one attached hydrogen (secondary N) is 1. The van der Waals surface area contributed by atoms with Crippen molar-refractivity contribution < 1.29 is 0 Å². The van der Waals surface area contributed by atoms with Gasteiger partial charge in [0.15, 0.2) is 5.13 Å². The maximum Gasteiger partial charge on any atom is 0.187 e. The minimum absolute atomic E-state index is 0.469. The number of pyridine rings is 1. The molecule has 4 heterocycles. The standard InChI is InChI=1S/C22H30N6S/c1-6-28-13-19(16(4)26-28)12-27-8-7-18(11-27)21-10-20(9-14(2)23-21)25-22-24-15(3)17(5)29-22/h9-10,13,18H,6-8,11-12H2,1-5H3,(H,23,24,25). The normalized spacial score (nSPS) is 17.2. The van der Waals surface area contributed by atoms with E-state index in [9.17, 15) is 0 Å². The molecule has 1 saturated heterocycles. The van der Waals surface area contributed by atoms with E-state index in [1.807, 2.05) is 4.68 Å². The molecule has 1 aliphatic rings. The molecule has 1 atom stereocenters. The van der Waals surface area contributed by atoms with Gasteiger partial charge in [0.25, 0.3) is 0 Å². The Morgan fingerprint density at radius 3 is 2.66 bits per heavy atom. The number of likely N-dealkylation sites (tertiary alicyclic amines) is 1. The van der Waals surface area contributed by atoms with Gasteiger partial charge in [-0.25, -0.2) is 4.98 Å². The van der Waals surface area contributed by atoms with Crippen LogP contribution in [-0.2, 0) is 13.1 Å². The molecule has 3 aromatic heterocycles. The average Bonchev–Trinajstić information content (AvgIpc) is 3.35. The lowest BCUT2D eigenvalue weighted by molar-refractivity contribution is 0.325. The molecule has 6 nitrogen and oxygen atoms in total. The van der Waals surface area contributed by atoms with E-state index in [1.54, 1.807) is 11.3 Å². The van der Waals surface area contributed by atoms with Crippen molar-refractivity contribution in [1.82, 2.24) is 24.6 Å². The van der Waals surface area contributed by atoms with Crippen LogP contribution in [0.2, 0.25) is 0 Å². The first-order chi connectivity index (χ1) is 13.9. The minimum atomic E-state index is 0.469. The quantitative estimate of drug-likeness (QED) is 0.637. The summed E-state index contributed by atoms with van der Waals surface area (Å²) in [6.07, 6.45) is 3.33. The topological polar surface area (TPSA) is 58.9 Å². The van der Waals surface area contributed by atoms with E-state index in [4.69, 9.17) is 4.98 Å². The molecule has 1 fully saturated rings. The summed E-state index contributed by atoms with van der Waals surface area (Å²) in [6.45, 7) is 14.5. The van der Waals surface area contributed by atoms with Crippen LogP contribution in [0, 0.1) is 27.7 Å². The highest BCUT2D eigenvalue weighted by Gasteiger charge is 2.26. The summed E-state index contributed by atoms with van der Waals surface area (Å²) in [5.74, 6) is 0.469. The summed E-state index contributed by atoms with van der Waals surface area (Å²) >= 11 is 1.70. The van der Waals surface area contributed by atoms with E-state index in [0.717, 1.165) is 60.5 Å². The molecule has 0 amide bonds. The third-order valence-corrected chi connectivity index (χ3v) is 6.70. The van der Waals surface area contributed by atoms with E-state index < -0.39 is 0 Å².